The van der Waals surface area contributed by atoms with Crippen molar-refractivity contribution in [3.8, 4) is 5.75 Å². The van der Waals surface area contributed by atoms with Gasteiger partial charge >= 0.3 is 23.7 Å². The summed E-state index contributed by atoms with van der Waals surface area (Å²) in [4.78, 5) is 94.7. The normalized spacial score (nSPS) is 31.3. The predicted molar refractivity (Wildman–Crippen MR) is 249 cm³/mol. The Morgan fingerprint density at radius 3 is 2.42 bits per heavy atom. The van der Waals surface area contributed by atoms with Crippen LogP contribution in [0.1, 0.15) is 125 Å². The van der Waals surface area contributed by atoms with Gasteiger partial charge in [0.05, 0.1) is 43.5 Å². The lowest BCUT2D eigenvalue weighted by atomic mass is 9.45. The number of aliphatic hydroxyl groups excluding tert-OH is 1. The molecule has 5 aliphatic carbocycles. The lowest BCUT2D eigenvalue weighted by Crippen LogP contribution is -2.62. The zero-order valence-corrected chi connectivity index (χ0v) is 40.6. The van der Waals surface area contributed by atoms with Crippen LogP contribution in [0.5, 0.6) is 5.75 Å². The minimum atomic E-state index is -1.84. The maximum absolute atomic E-state index is 16.5. The average Bonchev–Trinajstić information content (AvgIpc) is 3.91. The number of aromatic nitrogens is 1. The van der Waals surface area contributed by atoms with Gasteiger partial charge in [0, 0.05) is 43.2 Å². The number of carbonyl (C=O) groups is 5. The summed E-state index contributed by atoms with van der Waals surface area (Å²) in [6, 6.07) is 1.02. The van der Waals surface area contributed by atoms with Crippen molar-refractivity contribution in [2.45, 2.75) is 135 Å². The van der Waals surface area contributed by atoms with Crippen molar-refractivity contribution in [1.82, 2.24) is 9.47 Å². The van der Waals surface area contributed by atoms with Crippen molar-refractivity contribution in [1.29, 1.82) is 0 Å². The highest BCUT2D eigenvalue weighted by molar-refractivity contribution is 5.98. The van der Waals surface area contributed by atoms with Gasteiger partial charge in [0.2, 0.25) is 18.0 Å². The number of likely N-dealkylation sites (tertiary alicyclic amines) is 1. The van der Waals surface area contributed by atoms with Crippen molar-refractivity contribution in [2.75, 3.05) is 45.0 Å². The van der Waals surface area contributed by atoms with E-state index in [2.05, 4.69) is 11.8 Å². The van der Waals surface area contributed by atoms with E-state index in [0.717, 1.165) is 56.7 Å². The zero-order valence-electron chi connectivity index (χ0n) is 40.6. The van der Waals surface area contributed by atoms with E-state index in [4.69, 9.17) is 27.8 Å². The van der Waals surface area contributed by atoms with Gasteiger partial charge in [-0.05, 0) is 119 Å². The number of hydrogen-bond acceptors (Lipinski definition) is 17. The number of piperidine rings is 1. The van der Waals surface area contributed by atoms with Crippen molar-refractivity contribution in [2.24, 2.45) is 34.5 Å². The number of pyridine rings is 1. The van der Waals surface area contributed by atoms with Crippen molar-refractivity contribution in [3.63, 3.8) is 0 Å². The summed E-state index contributed by atoms with van der Waals surface area (Å²) in [6.45, 7) is 6.13. The second-order valence-corrected chi connectivity index (χ2v) is 21.6. The third kappa shape index (κ3) is 8.42. The number of esters is 3. The first-order chi connectivity index (χ1) is 33.8. The summed E-state index contributed by atoms with van der Waals surface area (Å²) in [5.41, 5.74) is -2.73. The number of halogens is 1. The monoisotopic (exact) mass is 987 g/mol. The standard InChI is InChI=1S/C52H62FN3O15/c1-27-39(71-49(64)70-27)24-54-17-5-6-28-21-55(23-37(28)54)45-36(53)19-33-44(47(45)66-4)56(30-8-9-30)22-34(46(33)62)48(63)69-26-68-42(61)12-11-41(60)67-25-40(59)52(65)16-14-35-32-10-7-29-18-31(57)13-15-50(29,2)43(32)38(58)20-51(35,52)3/h18-19,22,28,30,32,35,37-38,43,58,65H,5-17,20-21,23-26H2,1-4H3/t28?,32-,35-,37?,38-,43?,50-,51-,52-/m1/s1. The molecule has 6 fully saturated rings. The van der Waals surface area contributed by atoms with Crippen molar-refractivity contribution >= 4 is 46.1 Å². The van der Waals surface area contributed by atoms with E-state index in [0.29, 0.717) is 55.9 Å². The largest absolute Gasteiger partial charge is 0.519 e. The first kappa shape index (κ1) is 48.9. The van der Waals surface area contributed by atoms with E-state index < -0.39 is 89.7 Å². The molecule has 1 aromatic carbocycles. The summed E-state index contributed by atoms with van der Waals surface area (Å²) in [5, 5.41) is 23.6. The Morgan fingerprint density at radius 2 is 1.70 bits per heavy atom. The van der Waals surface area contributed by atoms with Crippen LogP contribution >= 0.6 is 0 Å². The van der Waals surface area contributed by atoms with E-state index in [1.807, 2.05) is 11.8 Å². The summed E-state index contributed by atoms with van der Waals surface area (Å²) >= 11 is 0. The molecule has 0 radical (unpaired) electrons. The molecule has 71 heavy (non-hydrogen) atoms. The quantitative estimate of drug-likeness (QED) is 0.156. The molecule has 2 N–H and O–H groups in total. The molecule has 10 rings (SSSR count). The highest BCUT2D eigenvalue weighted by atomic mass is 19.1. The maximum atomic E-state index is 16.5. The number of methoxy groups -OCH3 is 1. The molecule has 2 saturated heterocycles. The molecule has 3 unspecified atom stereocenters. The minimum absolute atomic E-state index is 0.0150. The molecule has 0 spiro atoms. The summed E-state index contributed by atoms with van der Waals surface area (Å²) in [7, 11) is 1.41. The average molecular weight is 988 g/mol. The fourth-order valence-corrected chi connectivity index (χ4v) is 14.1. The van der Waals surface area contributed by atoms with Crippen LogP contribution in [-0.2, 0) is 39.9 Å². The number of Topliss-reactive ketones (excluding diaryl/α,β-unsaturated/α-hetero) is 1. The first-order valence-corrected chi connectivity index (χ1v) is 25.0. The number of ether oxygens (including phenoxy) is 4. The Bertz CT molecular complexity index is 2850. The maximum Gasteiger partial charge on any atom is 0.519 e. The van der Waals surface area contributed by atoms with Gasteiger partial charge in [-0.1, -0.05) is 19.4 Å². The van der Waals surface area contributed by atoms with Crippen LogP contribution in [0.15, 0.2) is 42.3 Å². The highest BCUT2D eigenvalue weighted by Gasteiger charge is 2.68. The fraction of sp³-hybridized carbons (Fsp3) is 0.635. The Hall–Kier alpha value is -5.66. The van der Waals surface area contributed by atoms with Gasteiger partial charge in [0.25, 0.3) is 0 Å². The van der Waals surface area contributed by atoms with Gasteiger partial charge < -0.3 is 47.5 Å². The third-order valence-electron chi connectivity index (χ3n) is 17.8. The van der Waals surface area contributed by atoms with Gasteiger partial charge in [0.15, 0.2) is 29.7 Å². The van der Waals surface area contributed by atoms with E-state index in [1.165, 1.54) is 13.3 Å². The minimum Gasteiger partial charge on any atom is -0.492 e. The Labute approximate surface area is 408 Å². The SMILES string of the molecule is COc1c(N2CC3CCCN(Cc4oc(=O)oc4C)C3C2)c(F)cc2c(=O)c(C(=O)OCOC(=O)CCC(=O)OCC(=O)[C@]3(O)CC[C@@H]4[C@H]5CCC6=CC(=O)CC[C@@]6(C)C5[C@H](O)C[C@]43C)cn(C3CC3)c12. The molecule has 3 aromatic rings. The van der Waals surface area contributed by atoms with Crippen LogP contribution in [0.3, 0.4) is 0 Å². The van der Waals surface area contributed by atoms with Gasteiger partial charge in [-0.2, -0.15) is 0 Å². The highest BCUT2D eigenvalue weighted by Crippen LogP contribution is 2.67. The second kappa shape index (κ2) is 18.4. The molecular formula is C52H62FN3O15. The lowest BCUT2D eigenvalue weighted by molar-refractivity contribution is -0.184. The molecule has 0 bridgehead atoms. The molecule has 0 amide bonds. The van der Waals surface area contributed by atoms with E-state index in [-0.39, 0.29) is 76.6 Å². The molecule has 2 aromatic heterocycles. The van der Waals surface area contributed by atoms with Gasteiger partial charge in [-0.15, -0.1) is 0 Å². The molecule has 18 nitrogen and oxygen atoms in total. The van der Waals surface area contributed by atoms with Gasteiger partial charge in [-0.3, -0.25) is 28.9 Å². The van der Waals surface area contributed by atoms with Crippen molar-refractivity contribution in [3.05, 3.63) is 67.7 Å². The summed E-state index contributed by atoms with van der Waals surface area (Å²) in [6.07, 6.45) is 8.09. The predicted octanol–water partition coefficient (Wildman–Crippen LogP) is 5.22. The number of ketones is 2. The smallest absolute Gasteiger partial charge is 0.492 e. The topological polar surface area (TPSA) is 235 Å². The number of hydrogen-bond donors (Lipinski definition) is 2. The molecule has 4 saturated carbocycles. The first-order valence-electron chi connectivity index (χ1n) is 25.0. The Balaban J connectivity index is 0.740. The van der Waals surface area contributed by atoms with Crippen LogP contribution in [-0.4, -0.2) is 107 Å². The molecule has 9 atom stereocenters. The van der Waals surface area contributed by atoms with E-state index in [9.17, 15) is 43.8 Å². The Kier molecular flexibility index (Phi) is 12.7. The summed E-state index contributed by atoms with van der Waals surface area (Å²) < 4.78 is 49.9. The Morgan fingerprint density at radius 1 is 0.944 bits per heavy atom. The van der Waals surface area contributed by atoms with Gasteiger partial charge in [-0.25, -0.2) is 14.0 Å². The van der Waals surface area contributed by atoms with E-state index >= 15 is 4.39 Å². The number of aryl methyl sites for hydroxylation is 1. The van der Waals surface area contributed by atoms with Gasteiger partial charge in [0.1, 0.15) is 22.6 Å². The van der Waals surface area contributed by atoms with Crippen LogP contribution in [0.25, 0.3) is 10.9 Å². The lowest BCUT2D eigenvalue weighted by Gasteiger charge is -2.60. The fourth-order valence-electron chi connectivity index (χ4n) is 14.1. The number of anilines is 1. The molecule has 7 aliphatic rings. The second-order valence-electron chi connectivity index (χ2n) is 21.6. The zero-order chi connectivity index (χ0) is 50.3. The molecule has 4 heterocycles. The number of nitrogens with zero attached hydrogens (tertiary/aromatic N) is 3. The molecule has 2 aliphatic heterocycles. The van der Waals surface area contributed by atoms with Crippen LogP contribution in [0.4, 0.5) is 10.1 Å². The van der Waals surface area contributed by atoms with Crippen LogP contribution < -0.4 is 20.9 Å². The number of carbonyl (C=O) groups excluding carboxylic acids is 5. The number of allylic oxidation sites excluding steroid dienone is 1. The van der Waals surface area contributed by atoms with Crippen LogP contribution in [0.2, 0.25) is 0 Å². The third-order valence-corrected chi connectivity index (χ3v) is 17.8. The molecular weight excluding hydrogens is 926 g/mol. The summed E-state index contributed by atoms with van der Waals surface area (Å²) in [5.74, 6) is -3.87. The molecule has 382 valence electrons. The van der Waals surface area contributed by atoms with Crippen molar-refractivity contribution < 1.29 is 66.4 Å². The molecule has 19 heteroatoms. The number of fused-ring (bicyclic) bond motifs is 7. The van der Waals surface area contributed by atoms with Crippen LogP contribution in [0, 0.1) is 47.2 Å². The number of aliphatic hydroxyl groups is 2. The number of benzene rings is 1. The van der Waals surface area contributed by atoms with E-state index in [1.54, 1.807) is 17.6 Å². The number of rotatable bonds is 14.